The number of hydrogen-bond donors (Lipinski definition) is 2. The van der Waals surface area contributed by atoms with Crippen LogP contribution >= 0.6 is 12.6 Å². The average Bonchev–Trinajstić information content (AvgIpc) is 1.85. The summed E-state index contributed by atoms with van der Waals surface area (Å²) in [6.45, 7) is 2.09. The second-order valence-corrected chi connectivity index (χ2v) is 2.76. The van der Waals surface area contributed by atoms with Crippen LogP contribution in [0.3, 0.4) is 0 Å². The van der Waals surface area contributed by atoms with E-state index in [0.717, 1.165) is 31.4 Å². The molecule has 0 aliphatic heterocycles. The predicted molar refractivity (Wildman–Crippen MR) is 44.0 cm³/mol. The maximum absolute atomic E-state index is 9.15. The van der Waals surface area contributed by atoms with Gasteiger partial charge in [-0.05, 0) is 25.0 Å². The van der Waals surface area contributed by atoms with Gasteiger partial charge in [-0.1, -0.05) is 13.3 Å². The van der Waals surface area contributed by atoms with Crippen molar-refractivity contribution in [3.05, 3.63) is 0 Å². The van der Waals surface area contributed by atoms with E-state index in [-0.39, 0.29) is 6.10 Å². The Morgan fingerprint density at radius 1 is 1.44 bits per heavy atom. The van der Waals surface area contributed by atoms with Gasteiger partial charge in [0.2, 0.25) is 0 Å². The summed E-state index contributed by atoms with van der Waals surface area (Å²) < 4.78 is 0. The Hall–Kier alpha value is 0.310. The second-order valence-electron chi connectivity index (χ2n) is 2.31. The molecular weight excluding hydrogens is 132 g/mol. The van der Waals surface area contributed by atoms with Crippen LogP contribution in [0.15, 0.2) is 0 Å². The molecule has 0 aromatic heterocycles. The Labute approximate surface area is 62.9 Å². The van der Waals surface area contributed by atoms with Crippen molar-refractivity contribution in [2.24, 2.45) is 0 Å². The normalized spacial score (nSPS) is 13.7. The fraction of sp³-hybridized carbons (Fsp3) is 1.00. The van der Waals surface area contributed by atoms with Crippen LogP contribution < -0.4 is 0 Å². The topological polar surface area (TPSA) is 20.2 Å². The van der Waals surface area contributed by atoms with Crippen LogP contribution in [0.25, 0.3) is 0 Å². The lowest BCUT2D eigenvalue weighted by atomic mass is 10.1. The first-order valence-corrected chi connectivity index (χ1v) is 4.23. The van der Waals surface area contributed by atoms with Gasteiger partial charge in [0.15, 0.2) is 0 Å². The SMILES string of the molecule is CCC[C@H](O)CCCS. The minimum absolute atomic E-state index is 0.0813. The number of hydrogen-bond acceptors (Lipinski definition) is 2. The predicted octanol–water partition coefficient (Wildman–Crippen LogP) is 1.86. The quantitative estimate of drug-likeness (QED) is 0.570. The molecule has 0 aliphatic rings. The molecule has 0 aromatic rings. The molecule has 0 aliphatic carbocycles. The molecule has 0 spiro atoms. The lowest BCUT2D eigenvalue weighted by Gasteiger charge is -2.06. The van der Waals surface area contributed by atoms with Gasteiger partial charge < -0.3 is 5.11 Å². The lowest BCUT2D eigenvalue weighted by Crippen LogP contribution is -2.05. The largest absolute Gasteiger partial charge is 0.393 e. The van der Waals surface area contributed by atoms with Crippen molar-refractivity contribution in [2.45, 2.75) is 38.7 Å². The third kappa shape index (κ3) is 6.19. The van der Waals surface area contributed by atoms with Crippen LogP contribution in [0, 0.1) is 0 Å². The van der Waals surface area contributed by atoms with Crippen LogP contribution in [-0.2, 0) is 0 Å². The van der Waals surface area contributed by atoms with Gasteiger partial charge in [-0.3, -0.25) is 0 Å². The minimum atomic E-state index is -0.0813. The highest BCUT2D eigenvalue weighted by Crippen LogP contribution is 2.04. The fourth-order valence-corrected chi connectivity index (χ4v) is 0.987. The van der Waals surface area contributed by atoms with E-state index in [1.807, 2.05) is 0 Å². The third-order valence-electron chi connectivity index (χ3n) is 1.32. The van der Waals surface area contributed by atoms with Gasteiger partial charge in [0.25, 0.3) is 0 Å². The summed E-state index contributed by atoms with van der Waals surface area (Å²) in [5.41, 5.74) is 0. The molecule has 0 fully saturated rings. The van der Waals surface area contributed by atoms with E-state index in [9.17, 15) is 0 Å². The molecule has 56 valence electrons. The molecule has 0 saturated heterocycles. The van der Waals surface area contributed by atoms with Crippen LogP contribution in [-0.4, -0.2) is 17.0 Å². The Bertz CT molecular complexity index is 56.9. The van der Waals surface area contributed by atoms with Crippen LogP contribution in [0.1, 0.15) is 32.6 Å². The molecule has 0 unspecified atom stereocenters. The van der Waals surface area contributed by atoms with Gasteiger partial charge in [0, 0.05) is 0 Å². The number of aliphatic hydroxyl groups excluding tert-OH is 1. The zero-order valence-corrected chi connectivity index (χ0v) is 6.90. The summed E-state index contributed by atoms with van der Waals surface area (Å²) in [5.74, 6) is 0.890. The van der Waals surface area contributed by atoms with E-state index >= 15 is 0 Å². The molecule has 0 radical (unpaired) electrons. The summed E-state index contributed by atoms with van der Waals surface area (Å²) in [4.78, 5) is 0. The first-order chi connectivity index (χ1) is 4.31. The third-order valence-corrected chi connectivity index (χ3v) is 1.63. The Morgan fingerprint density at radius 2 is 2.11 bits per heavy atom. The Balaban J connectivity index is 2.95. The number of aliphatic hydroxyl groups is 1. The number of rotatable bonds is 5. The summed E-state index contributed by atoms with van der Waals surface area (Å²) in [7, 11) is 0. The van der Waals surface area contributed by atoms with Gasteiger partial charge >= 0.3 is 0 Å². The molecule has 0 bridgehead atoms. The smallest absolute Gasteiger partial charge is 0.0540 e. The van der Waals surface area contributed by atoms with Crippen molar-refractivity contribution in [1.29, 1.82) is 0 Å². The van der Waals surface area contributed by atoms with Crippen molar-refractivity contribution in [1.82, 2.24) is 0 Å². The van der Waals surface area contributed by atoms with Crippen molar-refractivity contribution in [3.63, 3.8) is 0 Å². The molecule has 2 heteroatoms. The Kier molecular flexibility index (Phi) is 6.65. The van der Waals surface area contributed by atoms with E-state index in [2.05, 4.69) is 19.6 Å². The number of thiol groups is 1. The van der Waals surface area contributed by atoms with E-state index in [1.165, 1.54) is 0 Å². The summed E-state index contributed by atoms with van der Waals surface area (Å²) in [5, 5.41) is 9.15. The molecule has 0 amide bonds. The van der Waals surface area contributed by atoms with E-state index in [4.69, 9.17) is 5.11 Å². The summed E-state index contributed by atoms with van der Waals surface area (Å²) in [6.07, 6.45) is 3.88. The molecular formula is C7H16OS. The van der Waals surface area contributed by atoms with Crippen LogP contribution in [0.2, 0.25) is 0 Å². The lowest BCUT2D eigenvalue weighted by molar-refractivity contribution is 0.153. The zero-order chi connectivity index (χ0) is 7.11. The molecule has 0 heterocycles. The van der Waals surface area contributed by atoms with Gasteiger partial charge in [0.05, 0.1) is 6.10 Å². The monoisotopic (exact) mass is 148 g/mol. The molecule has 0 saturated carbocycles. The van der Waals surface area contributed by atoms with Crippen LogP contribution in [0.4, 0.5) is 0 Å². The van der Waals surface area contributed by atoms with Gasteiger partial charge in [-0.25, -0.2) is 0 Å². The zero-order valence-electron chi connectivity index (χ0n) is 6.01. The fourth-order valence-electron chi connectivity index (χ4n) is 0.804. The highest BCUT2D eigenvalue weighted by atomic mass is 32.1. The highest BCUT2D eigenvalue weighted by Gasteiger charge is 1.99. The first-order valence-electron chi connectivity index (χ1n) is 3.60. The molecule has 0 aromatic carbocycles. The maximum Gasteiger partial charge on any atom is 0.0540 e. The van der Waals surface area contributed by atoms with E-state index in [0.29, 0.717) is 0 Å². The first kappa shape index (κ1) is 9.31. The van der Waals surface area contributed by atoms with E-state index in [1.54, 1.807) is 0 Å². The molecule has 1 atom stereocenters. The van der Waals surface area contributed by atoms with Gasteiger partial charge in [0.1, 0.15) is 0 Å². The standard InChI is InChI=1S/C7H16OS/c1-2-4-7(8)5-3-6-9/h7-9H,2-6H2,1H3/t7-/m0/s1. The van der Waals surface area contributed by atoms with Gasteiger partial charge in [-0.15, -0.1) is 0 Å². The molecule has 1 N–H and O–H groups in total. The summed E-state index contributed by atoms with van der Waals surface area (Å²) in [6, 6.07) is 0. The van der Waals surface area contributed by atoms with E-state index < -0.39 is 0 Å². The molecule has 9 heavy (non-hydrogen) atoms. The second kappa shape index (κ2) is 6.43. The summed E-state index contributed by atoms with van der Waals surface area (Å²) >= 11 is 4.05. The van der Waals surface area contributed by atoms with Crippen molar-refractivity contribution < 1.29 is 5.11 Å². The van der Waals surface area contributed by atoms with Gasteiger partial charge in [-0.2, -0.15) is 12.6 Å². The average molecular weight is 148 g/mol. The van der Waals surface area contributed by atoms with Crippen molar-refractivity contribution >= 4 is 12.6 Å². The van der Waals surface area contributed by atoms with Crippen molar-refractivity contribution in [2.75, 3.05) is 5.75 Å². The minimum Gasteiger partial charge on any atom is -0.393 e. The maximum atomic E-state index is 9.15. The molecule has 1 nitrogen and oxygen atoms in total. The Morgan fingerprint density at radius 3 is 2.56 bits per heavy atom. The van der Waals surface area contributed by atoms with Crippen molar-refractivity contribution in [3.8, 4) is 0 Å². The van der Waals surface area contributed by atoms with Crippen LogP contribution in [0.5, 0.6) is 0 Å². The highest BCUT2D eigenvalue weighted by molar-refractivity contribution is 7.80. The molecule has 0 rings (SSSR count).